The van der Waals surface area contributed by atoms with Gasteiger partial charge in [-0.1, -0.05) is 12.1 Å². The largest absolute Gasteiger partial charge is 0.305 e. The summed E-state index contributed by atoms with van der Waals surface area (Å²) < 4.78 is 23.9. The van der Waals surface area contributed by atoms with Crippen molar-refractivity contribution in [3.8, 4) is 0 Å². The Balaban J connectivity index is 2.03. The van der Waals surface area contributed by atoms with Crippen LogP contribution in [0.1, 0.15) is 23.4 Å². The minimum Gasteiger partial charge on any atom is -0.305 e. The van der Waals surface area contributed by atoms with Crippen LogP contribution in [-0.4, -0.2) is 14.7 Å². The van der Waals surface area contributed by atoms with Gasteiger partial charge in [0.2, 0.25) is 0 Å². The minimum absolute atomic E-state index is 0.164. The molecule has 2 rings (SSSR count). The minimum atomic E-state index is -3.12. The molecule has 0 aliphatic heterocycles. The highest BCUT2D eigenvalue weighted by atomic mass is 79.9. The van der Waals surface area contributed by atoms with Gasteiger partial charge in [0.1, 0.15) is 0 Å². The smallest absolute Gasteiger partial charge is 0.175 e. The molecule has 1 atom stereocenters. The molecule has 1 N–H and O–H groups in total. The Hall–Kier alpha value is -0.690. The predicted molar refractivity (Wildman–Crippen MR) is 86.8 cm³/mol. The Labute approximate surface area is 132 Å². The van der Waals surface area contributed by atoms with Crippen LogP contribution in [-0.2, 0) is 16.4 Å². The first-order valence-electron chi connectivity index (χ1n) is 6.13. The molecule has 1 aromatic heterocycles. The molecule has 1 aromatic carbocycles. The summed E-state index contributed by atoms with van der Waals surface area (Å²) in [6.07, 6.45) is 1.22. The fourth-order valence-corrected chi connectivity index (χ4v) is 3.89. The van der Waals surface area contributed by atoms with E-state index in [1.54, 1.807) is 23.5 Å². The van der Waals surface area contributed by atoms with Crippen molar-refractivity contribution >= 4 is 37.1 Å². The van der Waals surface area contributed by atoms with Gasteiger partial charge in [0, 0.05) is 28.2 Å². The van der Waals surface area contributed by atoms with Gasteiger partial charge in [-0.25, -0.2) is 8.42 Å². The number of sulfone groups is 1. The summed E-state index contributed by atoms with van der Waals surface area (Å²) in [5, 5.41) is 5.48. The van der Waals surface area contributed by atoms with Gasteiger partial charge in [-0.3, -0.25) is 0 Å². The van der Waals surface area contributed by atoms with Crippen LogP contribution in [0.2, 0.25) is 0 Å². The van der Waals surface area contributed by atoms with E-state index in [-0.39, 0.29) is 6.04 Å². The third-order valence-electron chi connectivity index (χ3n) is 3.07. The van der Waals surface area contributed by atoms with E-state index in [2.05, 4.69) is 28.2 Å². The topological polar surface area (TPSA) is 46.2 Å². The third-order valence-corrected chi connectivity index (χ3v) is 6.12. The van der Waals surface area contributed by atoms with Crippen molar-refractivity contribution in [3.05, 3.63) is 50.6 Å². The van der Waals surface area contributed by atoms with E-state index in [0.717, 1.165) is 16.6 Å². The van der Waals surface area contributed by atoms with E-state index < -0.39 is 9.84 Å². The summed E-state index contributed by atoms with van der Waals surface area (Å²) in [5.41, 5.74) is 1.07. The SMILES string of the molecule is CC(NCc1sccc1Br)c1ccc(S(C)(=O)=O)cc1. The molecule has 0 aliphatic rings. The van der Waals surface area contributed by atoms with Crippen molar-refractivity contribution in [2.45, 2.75) is 24.4 Å². The van der Waals surface area contributed by atoms with Gasteiger partial charge in [0.15, 0.2) is 9.84 Å². The zero-order valence-electron chi connectivity index (χ0n) is 11.3. The molecule has 1 heterocycles. The zero-order valence-corrected chi connectivity index (χ0v) is 14.5. The third kappa shape index (κ3) is 3.91. The molecule has 6 heteroatoms. The number of thiophene rings is 1. The van der Waals surface area contributed by atoms with Crippen molar-refractivity contribution in [1.82, 2.24) is 5.32 Å². The predicted octanol–water partition coefficient (Wildman–Crippen LogP) is 3.76. The molecule has 2 aromatic rings. The standard InChI is InChI=1S/C14H16BrNO2S2/c1-10(16-9-14-13(15)7-8-19-14)11-3-5-12(6-4-11)20(2,17)18/h3-8,10,16H,9H2,1-2H3. The Kier molecular flexibility index (Phi) is 5.01. The molecule has 1 unspecified atom stereocenters. The fourth-order valence-electron chi connectivity index (χ4n) is 1.82. The van der Waals surface area contributed by atoms with E-state index in [0.29, 0.717) is 4.90 Å². The van der Waals surface area contributed by atoms with Crippen LogP contribution in [0.4, 0.5) is 0 Å². The molecule has 0 bridgehead atoms. The first kappa shape index (κ1) is 15.7. The maximum Gasteiger partial charge on any atom is 0.175 e. The van der Waals surface area contributed by atoms with Crippen molar-refractivity contribution < 1.29 is 8.42 Å². The fraction of sp³-hybridized carbons (Fsp3) is 0.286. The van der Waals surface area contributed by atoms with Gasteiger partial charge in [0.05, 0.1) is 4.90 Å². The number of benzene rings is 1. The van der Waals surface area contributed by atoms with Gasteiger partial charge >= 0.3 is 0 Å². The normalized spacial score (nSPS) is 13.3. The van der Waals surface area contributed by atoms with Crippen molar-refractivity contribution in [3.63, 3.8) is 0 Å². The lowest BCUT2D eigenvalue weighted by atomic mass is 10.1. The van der Waals surface area contributed by atoms with E-state index in [4.69, 9.17) is 0 Å². The summed E-state index contributed by atoms with van der Waals surface area (Å²) in [4.78, 5) is 1.61. The van der Waals surface area contributed by atoms with Crippen LogP contribution >= 0.6 is 27.3 Å². The first-order chi connectivity index (χ1) is 9.38. The van der Waals surface area contributed by atoms with Gasteiger partial charge in [0.25, 0.3) is 0 Å². The van der Waals surface area contributed by atoms with Crippen LogP contribution in [0.3, 0.4) is 0 Å². The van der Waals surface area contributed by atoms with Crippen LogP contribution in [0.5, 0.6) is 0 Å². The lowest BCUT2D eigenvalue weighted by Crippen LogP contribution is -2.17. The Morgan fingerprint density at radius 3 is 2.40 bits per heavy atom. The Bertz CT molecular complexity index is 677. The molecule has 108 valence electrons. The maximum absolute atomic E-state index is 11.4. The summed E-state index contributed by atoms with van der Waals surface area (Å²) in [6.45, 7) is 2.85. The van der Waals surface area contributed by atoms with Crippen LogP contribution < -0.4 is 5.32 Å². The quantitative estimate of drug-likeness (QED) is 0.867. The second-order valence-electron chi connectivity index (χ2n) is 4.64. The van der Waals surface area contributed by atoms with Crippen LogP contribution in [0.25, 0.3) is 0 Å². The molecule has 20 heavy (non-hydrogen) atoms. The van der Waals surface area contributed by atoms with E-state index in [1.807, 2.05) is 23.6 Å². The second-order valence-corrected chi connectivity index (χ2v) is 8.51. The van der Waals surface area contributed by atoms with E-state index >= 15 is 0 Å². The van der Waals surface area contributed by atoms with Gasteiger partial charge in [-0.05, 0) is 52.0 Å². The molecule has 0 radical (unpaired) electrons. The average Bonchev–Trinajstić information content (AvgIpc) is 2.81. The van der Waals surface area contributed by atoms with Crippen LogP contribution in [0.15, 0.2) is 45.1 Å². The number of rotatable bonds is 5. The van der Waals surface area contributed by atoms with Crippen molar-refractivity contribution in [2.75, 3.05) is 6.26 Å². The molecular formula is C14H16BrNO2S2. The molecule has 0 amide bonds. The molecule has 0 fully saturated rings. The Morgan fingerprint density at radius 1 is 1.25 bits per heavy atom. The summed E-state index contributed by atoms with van der Waals surface area (Å²) in [5.74, 6) is 0. The van der Waals surface area contributed by atoms with E-state index in [1.165, 1.54) is 11.1 Å². The highest BCUT2D eigenvalue weighted by Crippen LogP contribution is 2.23. The highest BCUT2D eigenvalue weighted by molar-refractivity contribution is 9.10. The molecule has 0 saturated carbocycles. The van der Waals surface area contributed by atoms with Gasteiger partial charge in [-0.2, -0.15) is 0 Å². The number of halogens is 1. The van der Waals surface area contributed by atoms with Crippen molar-refractivity contribution in [1.29, 1.82) is 0 Å². The molecule has 0 saturated heterocycles. The second kappa shape index (κ2) is 6.39. The van der Waals surface area contributed by atoms with Crippen LogP contribution in [0, 0.1) is 0 Å². The van der Waals surface area contributed by atoms with Gasteiger partial charge < -0.3 is 5.32 Å². The lowest BCUT2D eigenvalue weighted by molar-refractivity contribution is 0.577. The van der Waals surface area contributed by atoms with E-state index in [9.17, 15) is 8.42 Å². The summed E-state index contributed by atoms with van der Waals surface area (Å²) >= 11 is 5.21. The maximum atomic E-state index is 11.4. The average molecular weight is 374 g/mol. The number of nitrogens with one attached hydrogen (secondary N) is 1. The molecular weight excluding hydrogens is 358 g/mol. The number of hydrogen-bond acceptors (Lipinski definition) is 4. The zero-order chi connectivity index (χ0) is 14.8. The monoisotopic (exact) mass is 373 g/mol. The lowest BCUT2D eigenvalue weighted by Gasteiger charge is -2.14. The Morgan fingerprint density at radius 2 is 1.90 bits per heavy atom. The summed E-state index contributed by atoms with van der Waals surface area (Å²) in [6, 6.07) is 9.23. The first-order valence-corrected chi connectivity index (χ1v) is 9.69. The molecule has 0 spiro atoms. The molecule has 0 aliphatic carbocycles. The highest BCUT2D eigenvalue weighted by Gasteiger charge is 2.10. The summed E-state index contributed by atoms with van der Waals surface area (Å²) in [7, 11) is -3.12. The molecule has 3 nitrogen and oxygen atoms in total. The number of hydrogen-bond donors (Lipinski definition) is 1. The van der Waals surface area contributed by atoms with Gasteiger partial charge in [-0.15, -0.1) is 11.3 Å². The van der Waals surface area contributed by atoms with Crippen molar-refractivity contribution in [2.24, 2.45) is 0 Å².